The van der Waals surface area contributed by atoms with Crippen molar-refractivity contribution in [2.24, 2.45) is 5.41 Å². The van der Waals surface area contributed by atoms with Gasteiger partial charge in [0.1, 0.15) is 29.3 Å². The highest BCUT2D eigenvalue weighted by Gasteiger charge is 2.39. The molecule has 0 bridgehead atoms. The molecule has 0 amide bonds. The van der Waals surface area contributed by atoms with E-state index in [1.807, 2.05) is 4.90 Å². The molecule has 2 heterocycles. The van der Waals surface area contributed by atoms with Gasteiger partial charge in [0.05, 0.1) is 11.6 Å². The maximum Gasteiger partial charge on any atom is 0.138 e. The number of likely N-dealkylation sites (tertiary alicyclic amines) is 1. The van der Waals surface area contributed by atoms with Crippen molar-refractivity contribution in [3.8, 4) is 23.1 Å². The summed E-state index contributed by atoms with van der Waals surface area (Å²) in [5, 5.41) is 19.1. The average molecular weight is 360 g/mol. The van der Waals surface area contributed by atoms with Crippen LogP contribution in [0.5, 0.6) is 5.75 Å². The fourth-order valence-corrected chi connectivity index (χ4v) is 3.38. The highest BCUT2D eigenvalue weighted by Crippen LogP contribution is 2.38. The Morgan fingerprint density at radius 2 is 2.19 bits per heavy atom. The summed E-state index contributed by atoms with van der Waals surface area (Å²) in [6.45, 7) is 4.50. The Morgan fingerprint density at radius 3 is 2.81 bits per heavy atom. The van der Waals surface area contributed by atoms with Gasteiger partial charge in [-0.3, -0.25) is 4.90 Å². The van der Waals surface area contributed by atoms with Crippen LogP contribution in [0.15, 0.2) is 28.7 Å². The van der Waals surface area contributed by atoms with Crippen molar-refractivity contribution in [2.45, 2.75) is 39.4 Å². The Balaban J connectivity index is 1.75. The molecule has 4 nitrogen and oxygen atoms in total. The van der Waals surface area contributed by atoms with E-state index >= 15 is 0 Å². The van der Waals surface area contributed by atoms with Crippen molar-refractivity contribution in [1.29, 1.82) is 5.26 Å². The summed E-state index contributed by atoms with van der Waals surface area (Å²) < 4.78 is 34.5. The number of aromatic hydroxyl groups is 1. The number of hydrogen-bond donors (Lipinski definition) is 1. The van der Waals surface area contributed by atoms with E-state index in [2.05, 4.69) is 6.07 Å². The van der Waals surface area contributed by atoms with Crippen molar-refractivity contribution in [1.82, 2.24) is 4.90 Å². The van der Waals surface area contributed by atoms with Gasteiger partial charge in [0.25, 0.3) is 0 Å². The minimum Gasteiger partial charge on any atom is -0.507 e. The number of furan rings is 1. The van der Waals surface area contributed by atoms with E-state index in [1.54, 1.807) is 26.0 Å². The van der Waals surface area contributed by atoms with Crippen LogP contribution in [0.3, 0.4) is 0 Å². The van der Waals surface area contributed by atoms with E-state index in [-0.39, 0.29) is 25.3 Å². The van der Waals surface area contributed by atoms with Gasteiger partial charge in [0, 0.05) is 30.5 Å². The summed E-state index contributed by atoms with van der Waals surface area (Å²) in [5.74, 6) is 0.539. The summed E-state index contributed by atoms with van der Waals surface area (Å²) in [6.07, 6.45) is -0.425. The second-order valence-electron chi connectivity index (χ2n) is 7.31. The van der Waals surface area contributed by atoms with E-state index in [9.17, 15) is 13.9 Å². The van der Waals surface area contributed by atoms with E-state index in [4.69, 9.17) is 9.68 Å². The molecule has 1 saturated heterocycles. The number of piperidine rings is 1. The molecule has 3 rings (SSSR count). The molecule has 1 N–H and O–H groups in total. The van der Waals surface area contributed by atoms with Crippen molar-refractivity contribution in [3.63, 3.8) is 0 Å². The van der Waals surface area contributed by atoms with Crippen LogP contribution in [-0.4, -0.2) is 29.3 Å². The zero-order valence-corrected chi connectivity index (χ0v) is 14.9. The Labute approximate surface area is 151 Å². The van der Waals surface area contributed by atoms with E-state index in [0.717, 1.165) is 0 Å². The van der Waals surface area contributed by atoms with Crippen LogP contribution in [0, 0.1) is 29.5 Å². The number of phenols is 1. The van der Waals surface area contributed by atoms with Crippen molar-refractivity contribution in [3.05, 3.63) is 41.4 Å². The molecule has 2 atom stereocenters. The molecule has 0 saturated carbocycles. The number of nitrogens with zero attached hydrogens (tertiary/aromatic N) is 2. The van der Waals surface area contributed by atoms with Crippen LogP contribution in [0.25, 0.3) is 11.3 Å². The molecule has 1 aliphatic rings. The molecular weight excluding hydrogens is 338 g/mol. The predicted molar refractivity (Wildman–Crippen MR) is 93.6 cm³/mol. The maximum absolute atomic E-state index is 14.5. The van der Waals surface area contributed by atoms with Gasteiger partial charge in [-0.05, 0) is 44.2 Å². The van der Waals surface area contributed by atoms with Gasteiger partial charge >= 0.3 is 0 Å². The van der Waals surface area contributed by atoms with E-state index in [0.29, 0.717) is 35.6 Å². The Morgan fingerprint density at radius 1 is 1.42 bits per heavy atom. The lowest BCUT2D eigenvalue weighted by atomic mass is 9.76. The molecule has 1 aromatic carbocycles. The fourth-order valence-electron chi connectivity index (χ4n) is 3.38. The third-order valence-corrected chi connectivity index (χ3v) is 5.22. The molecule has 6 heteroatoms. The molecule has 1 aliphatic heterocycles. The number of alkyl halides is 1. The maximum atomic E-state index is 14.5. The molecule has 0 radical (unpaired) electrons. The minimum atomic E-state index is -1.14. The zero-order chi connectivity index (χ0) is 18.9. The summed E-state index contributed by atoms with van der Waals surface area (Å²) in [4.78, 5) is 1.82. The summed E-state index contributed by atoms with van der Waals surface area (Å²) in [7, 11) is 0. The van der Waals surface area contributed by atoms with Crippen LogP contribution in [0.4, 0.5) is 8.78 Å². The van der Waals surface area contributed by atoms with Crippen molar-refractivity contribution >= 4 is 0 Å². The summed E-state index contributed by atoms with van der Waals surface area (Å²) in [6, 6.07) is 8.10. The molecule has 0 spiro atoms. The van der Waals surface area contributed by atoms with Crippen LogP contribution >= 0.6 is 0 Å². The van der Waals surface area contributed by atoms with Crippen LogP contribution in [-0.2, 0) is 6.54 Å². The Kier molecular flexibility index (Phi) is 5.01. The first-order valence-corrected chi connectivity index (χ1v) is 8.64. The predicted octanol–water partition coefficient (Wildman–Crippen LogP) is 4.56. The molecule has 26 heavy (non-hydrogen) atoms. The lowest BCUT2D eigenvalue weighted by Gasteiger charge is -2.41. The number of rotatable bonds is 4. The van der Waals surface area contributed by atoms with Crippen molar-refractivity contribution < 1.29 is 18.3 Å². The second kappa shape index (κ2) is 7.08. The third-order valence-electron chi connectivity index (χ3n) is 5.22. The van der Waals surface area contributed by atoms with Gasteiger partial charge in [-0.2, -0.15) is 5.26 Å². The van der Waals surface area contributed by atoms with Crippen molar-refractivity contribution in [2.75, 3.05) is 13.1 Å². The SMILES string of the molecule is Cc1ccc(-c2cc(F)c(CN3CCC(C)(CC#N)C(F)C3)cc2O)o1. The Hall–Kier alpha value is -2.39. The van der Waals surface area contributed by atoms with Gasteiger partial charge in [-0.1, -0.05) is 6.92 Å². The monoisotopic (exact) mass is 360 g/mol. The molecule has 0 aliphatic carbocycles. The number of hydrogen-bond acceptors (Lipinski definition) is 4. The van der Waals surface area contributed by atoms with Gasteiger partial charge in [-0.25, -0.2) is 8.78 Å². The molecule has 2 unspecified atom stereocenters. The molecule has 138 valence electrons. The molecule has 1 aromatic heterocycles. The zero-order valence-electron chi connectivity index (χ0n) is 14.9. The molecule has 1 fully saturated rings. The lowest BCUT2D eigenvalue weighted by Crippen LogP contribution is -2.47. The van der Waals surface area contributed by atoms with Crippen LogP contribution in [0.2, 0.25) is 0 Å². The first-order valence-electron chi connectivity index (χ1n) is 8.64. The fraction of sp³-hybridized carbons (Fsp3) is 0.450. The highest BCUT2D eigenvalue weighted by molar-refractivity contribution is 5.66. The molecular formula is C20H22F2N2O2. The smallest absolute Gasteiger partial charge is 0.138 e. The van der Waals surface area contributed by atoms with E-state index in [1.165, 1.54) is 12.1 Å². The normalized spacial score (nSPS) is 23.7. The van der Waals surface area contributed by atoms with Gasteiger partial charge in [0.15, 0.2) is 0 Å². The topological polar surface area (TPSA) is 60.4 Å². The summed E-state index contributed by atoms with van der Waals surface area (Å²) >= 11 is 0. The van der Waals surface area contributed by atoms with Gasteiger partial charge < -0.3 is 9.52 Å². The van der Waals surface area contributed by atoms with Gasteiger partial charge in [0.2, 0.25) is 0 Å². The second-order valence-corrected chi connectivity index (χ2v) is 7.31. The standard InChI is InChI=1S/C20H22F2N2O2/c1-13-3-4-18(26-13)15-10-16(21)14(9-17(15)25)11-24-8-6-20(2,5-7-23)19(22)12-24/h3-4,9-10,19,25H,5-6,8,11-12H2,1-2H3. The highest BCUT2D eigenvalue weighted by atomic mass is 19.1. The summed E-state index contributed by atoms with van der Waals surface area (Å²) in [5.41, 5.74) is -0.0407. The first kappa shape index (κ1) is 18.4. The largest absolute Gasteiger partial charge is 0.507 e. The van der Waals surface area contributed by atoms with E-state index < -0.39 is 17.4 Å². The van der Waals surface area contributed by atoms with Crippen LogP contribution in [0.1, 0.15) is 31.1 Å². The minimum absolute atomic E-state index is 0.0705. The average Bonchev–Trinajstić information content (AvgIpc) is 3.01. The number of nitriles is 1. The first-order chi connectivity index (χ1) is 12.3. The third kappa shape index (κ3) is 3.58. The van der Waals surface area contributed by atoms with Crippen LogP contribution < -0.4 is 0 Å². The number of halogens is 2. The Bertz CT molecular complexity index is 843. The molecule has 2 aromatic rings. The van der Waals surface area contributed by atoms with Gasteiger partial charge in [-0.15, -0.1) is 0 Å². The number of aryl methyl sites for hydroxylation is 1. The number of benzene rings is 1. The quantitative estimate of drug-likeness (QED) is 0.868. The number of phenolic OH excluding ortho intramolecular Hbond substituents is 1. The lowest BCUT2D eigenvalue weighted by molar-refractivity contribution is 0.0182.